The first-order chi connectivity index (χ1) is 13.8. The van der Waals surface area contributed by atoms with Crippen molar-refractivity contribution in [2.75, 3.05) is 23.1 Å². The molecule has 2 atom stereocenters. The summed E-state index contributed by atoms with van der Waals surface area (Å²) in [5, 5.41) is 4.55. The summed E-state index contributed by atoms with van der Waals surface area (Å²) in [6, 6.07) is 28.9. The monoisotopic (exact) mass is 389 g/mol. The topological polar surface area (TPSA) is 35.6 Å². The number of fused-ring (bicyclic) bond motifs is 3. The Morgan fingerprint density at radius 2 is 1.57 bits per heavy atom. The van der Waals surface area contributed by atoms with E-state index in [-0.39, 0.29) is 6.04 Å². The lowest BCUT2D eigenvalue weighted by Gasteiger charge is -2.45. The van der Waals surface area contributed by atoms with Crippen molar-refractivity contribution in [3.8, 4) is 0 Å². The number of nitrogens with zero attached hydrogens (tertiary/aromatic N) is 2. The molecule has 3 aromatic carbocycles. The van der Waals surface area contributed by atoms with Crippen LogP contribution in [0.5, 0.6) is 0 Å². The summed E-state index contributed by atoms with van der Waals surface area (Å²) in [7, 11) is -2.85. The second-order valence-electron chi connectivity index (χ2n) is 7.42. The van der Waals surface area contributed by atoms with Gasteiger partial charge in [0.15, 0.2) is 0 Å². The summed E-state index contributed by atoms with van der Waals surface area (Å²) >= 11 is 0. The van der Waals surface area contributed by atoms with E-state index < -0.39 is 7.44 Å². The maximum Gasteiger partial charge on any atom is 0.270 e. The average molecular weight is 389 g/mol. The molecule has 1 unspecified atom stereocenters. The molecule has 142 valence electrons. The molecule has 2 heterocycles. The molecule has 28 heavy (non-hydrogen) atoms. The van der Waals surface area contributed by atoms with Gasteiger partial charge in [-0.05, 0) is 42.3 Å². The van der Waals surface area contributed by atoms with Gasteiger partial charge >= 0.3 is 0 Å². The van der Waals surface area contributed by atoms with Crippen molar-refractivity contribution in [3.63, 3.8) is 0 Å². The van der Waals surface area contributed by atoms with E-state index in [1.807, 2.05) is 42.5 Å². The molecule has 5 heteroatoms. The van der Waals surface area contributed by atoms with Crippen molar-refractivity contribution in [1.82, 2.24) is 4.67 Å². The van der Waals surface area contributed by atoms with E-state index in [1.165, 1.54) is 5.56 Å². The normalized spacial score (nSPS) is 23.9. The Kier molecular flexibility index (Phi) is 4.46. The molecule has 0 saturated carbocycles. The summed E-state index contributed by atoms with van der Waals surface area (Å²) in [6.07, 6.45) is 0.979. The molecule has 4 nitrogen and oxygen atoms in total. The van der Waals surface area contributed by atoms with Gasteiger partial charge in [-0.15, -0.1) is 0 Å². The van der Waals surface area contributed by atoms with E-state index in [0.717, 1.165) is 42.7 Å². The average Bonchev–Trinajstić information content (AvgIpc) is 3.07. The van der Waals surface area contributed by atoms with Gasteiger partial charge in [0.1, 0.15) is 0 Å². The maximum absolute atomic E-state index is 14.6. The van der Waals surface area contributed by atoms with Crippen molar-refractivity contribution in [1.29, 1.82) is 0 Å². The van der Waals surface area contributed by atoms with E-state index in [1.54, 1.807) is 0 Å². The third-order valence-electron chi connectivity index (χ3n) is 5.78. The molecule has 0 radical (unpaired) electrons. The number of hydrogen-bond acceptors (Lipinski definition) is 2. The Labute approximate surface area is 166 Å². The molecular formula is C23H24N3OP. The molecule has 5 rings (SSSR count). The van der Waals surface area contributed by atoms with Crippen LogP contribution in [-0.4, -0.2) is 23.8 Å². The number of rotatable bonds is 4. The van der Waals surface area contributed by atoms with Gasteiger partial charge in [-0.25, -0.2) is 4.67 Å². The van der Waals surface area contributed by atoms with E-state index in [0.29, 0.717) is 0 Å². The fraction of sp³-hybridized carbons (Fsp3) is 0.217. The molecule has 0 spiro atoms. The Morgan fingerprint density at radius 3 is 2.36 bits per heavy atom. The molecule has 0 aromatic heterocycles. The summed E-state index contributed by atoms with van der Waals surface area (Å²) in [6.45, 7) is 2.34. The summed E-state index contributed by atoms with van der Waals surface area (Å²) in [4.78, 5) is 0. The molecule has 0 bridgehead atoms. The minimum atomic E-state index is -2.85. The molecular weight excluding hydrogens is 365 g/mol. The van der Waals surface area contributed by atoms with Gasteiger partial charge in [-0.2, -0.15) is 0 Å². The van der Waals surface area contributed by atoms with E-state index in [4.69, 9.17) is 0 Å². The van der Waals surface area contributed by atoms with Crippen LogP contribution in [0.3, 0.4) is 0 Å². The van der Waals surface area contributed by atoms with E-state index >= 15 is 0 Å². The van der Waals surface area contributed by atoms with Crippen LogP contribution >= 0.6 is 7.44 Å². The zero-order chi connectivity index (χ0) is 19.0. The number of para-hydroxylation sites is 2. The first-order valence-corrected chi connectivity index (χ1v) is 11.5. The van der Waals surface area contributed by atoms with Gasteiger partial charge in [0, 0.05) is 37.1 Å². The van der Waals surface area contributed by atoms with E-state index in [2.05, 4.69) is 57.1 Å². The molecule has 1 saturated heterocycles. The predicted octanol–water partition coefficient (Wildman–Crippen LogP) is 4.71. The van der Waals surface area contributed by atoms with Crippen LogP contribution < -0.4 is 15.3 Å². The first kappa shape index (κ1) is 17.5. The van der Waals surface area contributed by atoms with Gasteiger partial charge in [0.2, 0.25) is 0 Å². The second kappa shape index (κ2) is 7.12. The standard InChI is InChI=1S/C23H24N3OP/c27-28-23-14-8-7-9-19(23)18-26(28)22(17-24-20-10-3-1-4-11-20)15-16-25(28)21-12-5-2-6-13-21/h1-14,22,24H,15-18H2/t22-,28?/m0/s1. The zero-order valence-electron chi connectivity index (χ0n) is 15.7. The van der Waals surface area contributed by atoms with Crippen LogP contribution in [0.15, 0.2) is 84.9 Å². The maximum atomic E-state index is 14.6. The number of nitrogens with one attached hydrogen (secondary N) is 1. The lowest BCUT2D eigenvalue weighted by molar-refractivity contribution is 0.302. The summed E-state index contributed by atoms with van der Waals surface area (Å²) in [5.41, 5.74) is 3.35. The van der Waals surface area contributed by atoms with Crippen LogP contribution in [0.4, 0.5) is 11.4 Å². The van der Waals surface area contributed by atoms with Gasteiger partial charge < -0.3 is 9.99 Å². The highest BCUT2D eigenvalue weighted by molar-refractivity contribution is 7.71. The van der Waals surface area contributed by atoms with Crippen molar-refractivity contribution in [2.24, 2.45) is 0 Å². The van der Waals surface area contributed by atoms with Crippen LogP contribution in [0.2, 0.25) is 0 Å². The Balaban J connectivity index is 1.49. The quantitative estimate of drug-likeness (QED) is 0.656. The lowest BCUT2D eigenvalue weighted by atomic mass is 10.1. The smallest absolute Gasteiger partial charge is 0.270 e. The van der Waals surface area contributed by atoms with Crippen molar-refractivity contribution < 1.29 is 4.57 Å². The fourth-order valence-corrected chi connectivity index (χ4v) is 7.83. The molecule has 0 aliphatic carbocycles. The van der Waals surface area contributed by atoms with Crippen LogP contribution in [0.1, 0.15) is 12.0 Å². The minimum Gasteiger partial charge on any atom is -0.383 e. The van der Waals surface area contributed by atoms with Gasteiger partial charge in [0.05, 0.1) is 5.30 Å². The van der Waals surface area contributed by atoms with Crippen molar-refractivity contribution in [2.45, 2.75) is 19.0 Å². The van der Waals surface area contributed by atoms with Crippen molar-refractivity contribution >= 4 is 24.1 Å². The largest absolute Gasteiger partial charge is 0.383 e. The molecule has 3 aromatic rings. The zero-order valence-corrected chi connectivity index (χ0v) is 16.6. The Morgan fingerprint density at radius 1 is 0.893 bits per heavy atom. The number of benzene rings is 3. The van der Waals surface area contributed by atoms with Gasteiger partial charge in [0.25, 0.3) is 7.44 Å². The third kappa shape index (κ3) is 2.85. The lowest BCUT2D eigenvalue weighted by Crippen LogP contribution is -2.47. The van der Waals surface area contributed by atoms with Crippen LogP contribution in [0.25, 0.3) is 0 Å². The number of anilines is 2. The first-order valence-electron chi connectivity index (χ1n) is 9.84. The molecule has 2 aliphatic heterocycles. The molecule has 2 aliphatic rings. The van der Waals surface area contributed by atoms with Gasteiger partial charge in [-0.3, -0.25) is 4.57 Å². The summed E-state index contributed by atoms with van der Waals surface area (Å²) in [5.74, 6) is 0. The predicted molar refractivity (Wildman–Crippen MR) is 116 cm³/mol. The van der Waals surface area contributed by atoms with Gasteiger partial charge in [-0.1, -0.05) is 54.6 Å². The van der Waals surface area contributed by atoms with Crippen LogP contribution in [-0.2, 0) is 11.1 Å². The van der Waals surface area contributed by atoms with Crippen LogP contribution in [0, 0.1) is 0 Å². The minimum absolute atomic E-state index is 0.235. The second-order valence-corrected chi connectivity index (χ2v) is 9.98. The summed E-state index contributed by atoms with van der Waals surface area (Å²) < 4.78 is 19.0. The molecule has 1 fully saturated rings. The molecule has 0 amide bonds. The Hall–Kier alpha value is -2.55. The number of hydrogen-bond donors (Lipinski definition) is 1. The highest BCUT2D eigenvalue weighted by Gasteiger charge is 2.51. The van der Waals surface area contributed by atoms with Crippen molar-refractivity contribution in [3.05, 3.63) is 90.5 Å². The SMILES string of the molecule is O=P12c3ccccc3CN1[C@H](CNc1ccccc1)CCN2c1ccccc1. The highest BCUT2D eigenvalue weighted by atomic mass is 31.2. The highest BCUT2D eigenvalue weighted by Crippen LogP contribution is 2.62. The fourth-order valence-electron chi connectivity index (χ4n) is 4.40. The third-order valence-corrected chi connectivity index (χ3v) is 9.09. The van der Waals surface area contributed by atoms with E-state index in [9.17, 15) is 4.57 Å². The molecule has 1 N–H and O–H groups in total. The Bertz CT molecular complexity index is 1010.